The van der Waals surface area contributed by atoms with Crippen LogP contribution in [0, 0.1) is 17.8 Å². The molecule has 2 aromatic rings. The van der Waals surface area contributed by atoms with Crippen LogP contribution in [0.2, 0.25) is 0 Å². The van der Waals surface area contributed by atoms with Crippen LogP contribution in [0.4, 0.5) is 0 Å². The average Bonchev–Trinajstić information content (AvgIpc) is 2.97. The molecule has 268 valence electrons. The van der Waals surface area contributed by atoms with Gasteiger partial charge in [-0.15, -0.1) is 0 Å². The molecule has 0 N–H and O–H groups in total. The molecule has 6 nitrogen and oxygen atoms in total. The Morgan fingerprint density at radius 1 is 0.896 bits per heavy atom. The summed E-state index contributed by atoms with van der Waals surface area (Å²) in [5, 5.41) is 0. The molecule has 2 unspecified atom stereocenters. The first-order valence-electron chi connectivity index (χ1n) is 16.5. The molecule has 48 heavy (non-hydrogen) atoms. The van der Waals surface area contributed by atoms with Gasteiger partial charge in [0, 0.05) is 17.7 Å². The van der Waals surface area contributed by atoms with Crippen LogP contribution in [0.3, 0.4) is 0 Å². The van der Waals surface area contributed by atoms with Gasteiger partial charge in [-0.05, 0) is 86.5 Å². The van der Waals surface area contributed by atoms with Gasteiger partial charge in [0.1, 0.15) is 5.60 Å². The number of ether oxygens (including phenoxy) is 4. The number of unbranched alkanes of at least 4 members (excludes halogenated alkanes) is 1. The third-order valence-electron chi connectivity index (χ3n) is 7.84. The van der Waals surface area contributed by atoms with Gasteiger partial charge in [0.2, 0.25) is 0 Å². The quantitative estimate of drug-likeness (QED) is 0.120. The van der Waals surface area contributed by atoms with Crippen LogP contribution in [0.25, 0.3) is 0 Å². The third kappa shape index (κ3) is 19.2. The van der Waals surface area contributed by atoms with Gasteiger partial charge < -0.3 is 18.9 Å². The molecule has 0 amide bonds. The minimum absolute atomic E-state index is 0. The molecular formula is C39H60Br2O6Zn. The van der Waals surface area contributed by atoms with E-state index in [4.69, 9.17) is 14.2 Å². The van der Waals surface area contributed by atoms with Gasteiger partial charge >= 0.3 is 35.9 Å². The molecule has 2 aliphatic rings. The second kappa shape index (κ2) is 23.3. The summed E-state index contributed by atoms with van der Waals surface area (Å²) in [6, 6.07) is 16.4. The average molecular weight is 850 g/mol. The summed E-state index contributed by atoms with van der Waals surface area (Å²) in [6.07, 6.45) is 6.94. The van der Waals surface area contributed by atoms with E-state index in [0.29, 0.717) is 18.4 Å². The van der Waals surface area contributed by atoms with Crippen LogP contribution < -0.4 is 0 Å². The van der Waals surface area contributed by atoms with Crippen molar-refractivity contribution in [2.75, 3.05) is 19.8 Å². The van der Waals surface area contributed by atoms with Crippen molar-refractivity contribution >= 4 is 41.5 Å². The van der Waals surface area contributed by atoms with Gasteiger partial charge in [-0.3, -0.25) is 16.5 Å². The molecule has 0 aromatic heterocycles. The first-order valence-corrected chi connectivity index (χ1v) is 24.3. The number of hydrogen-bond donors (Lipinski definition) is 0. The second-order valence-corrected chi connectivity index (χ2v) is 15.4. The van der Waals surface area contributed by atoms with Gasteiger partial charge in [-0.2, -0.15) is 0 Å². The maximum absolute atomic E-state index is 12.1. The molecular weight excluding hydrogens is 790 g/mol. The van der Waals surface area contributed by atoms with Crippen molar-refractivity contribution in [2.24, 2.45) is 10.8 Å². The van der Waals surface area contributed by atoms with Crippen LogP contribution in [0.5, 0.6) is 0 Å². The number of carbonyl (C=O) groups excluding carboxylic acids is 2. The van der Waals surface area contributed by atoms with E-state index in [-0.39, 0.29) is 31.0 Å². The van der Waals surface area contributed by atoms with E-state index in [1.165, 1.54) is 21.9 Å². The van der Waals surface area contributed by atoms with E-state index >= 15 is 0 Å². The second-order valence-electron chi connectivity index (χ2n) is 14.5. The van der Waals surface area contributed by atoms with E-state index < -0.39 is 11.6 Å². The Bertz CT molecular complexity index is 1210. The van der Waals surface area contributed by atoms with Crippen LogP contribution in [0.1, 0.15) is 130 Å². The molecule has 2 fully saturated rings. The van der Waals surface area contributed by atoms with Crippen LogP contribution in [-0.2, 0) is 51.3 Å². The van der Waals surface area contributed by atoms with Gasteiger partial charge in [-0.25, -0.2) is 0 Å². The molecule has 2 aliphatic heterocycles. The van der Waals surface area contributed by atoms with Gasteiger partial charge in [0.05, 0.1) is 25.2 Å². The van der Waals surface area contributed by atoms with E-state index in [2.05, 4.69) is 93.2 Å². The van der Waals surface area contributed by atoms with Gasteiger partial charge in [-0.1, -0.05) is 107 Å². The standard InChI is InChI=1S/C19H28O3.C13H17BrO.C6H11O2.CH4.BrH.Zn/c1-18(2,3)22-17(20)12-14-8-6-7-9-15(14)16-13-19(4,5)10-11-21-16;1-13(2)7-8-15-12(9-13)10-5-3-4-6-11(10)14;1-3-4-5-8-6(2)7;;;/h6-9,16H,10-13H2,1-5H3;3-6,12H,7-9H2,1-2H3;2-5H2,1H3;1H4;1H;/q;;-1;;;+2/p-1. The molecule has 2 saturated heterocycles. The summed E-state index contributed by atoms with van der Waals surface area (Å²) in [6.45, 7) is 22.1. The van der Waals surface area contributed by atoms with Crippen LogP contribution in [-0.4, -0.2) is 37.4 Å². The maximum atomic E-state index is 12.1. The number of esters is 2. The predicted molar refractivity (Wildman–Crippen MR) is 200 cm³/mol. The van der Waals surface area contributed by atoms with Crippen LogP contribution in [0.15, 0.2) is 53.0 Å². The first-order chi connectivity index (χ1) is 22.0. The Kier molecular flexibility index (Phi) is 22.7. The van der Waals surface area contributed by atoms with Crippen molar-refractivity contribution in [3.8, 4) is 0 Å². The third-order valence-corrected chi connectivity index (χ3v) is 8.56. The van der Waals surface area contributed by atoms with Gasteiger partial charge in [0.15, 0.2) is 5.97 Å². The monoisotopic (exact) mass is 846 g/mol. The Hall–Kier alpha value is -1.25. The van der Waals surface area contributed by atoms with Crippen molar-refractivity contribution in [3.63, 3.8) is 0 Å². The Morgan fingerprint density at radius 2 is 1.38 bits per heavy atom. The zero-order valence-corrected chi connectivity index (χ0v) is 36.1. The Morgan fingerprint density at radius 3 is 1.83 bits per heavy atom. The number of rotatable bonds is 7. The summed E-state index contributed by atoms with van der Waals surface area (Å²) >= 11 is 7.84. The fraction of sp³-hybridized carbons (Fsp3) is 0.615. The van der Waals surface area contributed by atoms with Crippen LogP contribution >= 0.6 is 29.6 Å². The molecule has 0 radical (unpaired) electrons. The molecule has 2 aromatic carbocycles. The Balaban J connectivity index is 0.000000736. The summed E-state index contributed by atoms with van der Waals surface area (Å²) < 4.78 is 23.0. The van der Waals surface area contributed by atoms with E-state index in [9.17, 15) is 9.59 Å². The van der Waals surface area contributed by atoms with E-state index in [1.54, 1.807) is 0 Å². The Labute approximate surface area is 317 Å². The molecule has 0 aliphatic carbocycles. The zero-order chi connectivity index (χ0) is 35.7. The summed E-state index contributed by atoms with van der Waals surface area (Å²) in [5.74, 6) is -0.617. The first kappa shape index (κ1) is 46.8. The zero-order valence-electron chi connectivity index (χ0n) is 30.0. The van der Waals surface area contributed by atoms with Gasteiger partial charge in [0.25, 0.3) is 0 Å². The van der Waals surface area contributed by atoms with Crippen molar-refractivity contribution in [1.82, 2.24) is 0 Å². The number of halogens is 2. The summed E-state index contributed by atoms with van der Waals surface area (Å²) in [4.78, 5) is 22.1. The number of hydrogen-bond acceptors (Lipinski definition) is 6. The molecule has 0 bridgehead atoms. The van der Waals surface area contributed by atoms with Crippen molar-refractivity contribution in [2.45, 2.75) is 126 Å². The normalized spacial score (nSPS) is 19.2. The van der Waals surface area contributed by atoms with E-state index in [1.807, 2.05) is 52.0 Å². The number of benzene rings is 2. The predicted octanol–water partition coefficient (Wildman–Crippen LogP) is 11.4. The molecule has 2 heterocycles. The molecule has 0 spiro atoms. The van der Waals surface area contributed by atoms with Crippen molar-refractivity contribution < 1.29 is 44.9 Å². The molecule has 2 atom stereocenters. The summed E-state index contributed by atoms with van der Waals surface area (Å²) in [5.41, 5.74) is 3.65. The SMILES string of the molecule is C.CC1(C)CCOC(c2ccccc2Br)C1.CC1(C)CCOC(c2ccccc2CC(=O)OC(C)(C)C)C1.[CH2-]C(=O)OCCCC.[Zn+][Br]. The fourth-order valence-corrected chi connectivity index (χ4v) is 5.83. The summed E-state index contributed by atoms with van der Waals surface area (Å²) in [7, 11) is 0. The number of carbonyl (C=O) groups is 2. The van der Waals surface area contributed by atoms with Crippen molar-refractivity contribution in [1.29, 1.82) is 0 Å². The van der Waals surface area contributed by atoms with Crippen molar-refractivity contribution in [3.05, 3.63) is 76.6 Å². The molecule has 4 rings (SSSR count). The minimum atomic E-state index is -0.449. The topological polar surface area (TPSA) is 71.1 Å². The molecule has 0 saturated carbocycles. The molecule has 9 heteroatoms. The fourth-order valence-electron chi connectivity index (χ4n) is 5.29. The van der Waals surface area contributed by atoms with E-state index in [0.717, 1.165) is 67.3 Å².